The second-order valence-corrected chi connectivity index (χ2v) is 2.48. The van der Waals surface area contributed by atoms with Gasteiger partial charge >= 0.3 is 5.97 Å². The molecule has 0 bridgehead atoms. The molecule has 3 heteroatoms. The Balaban J connectivity index is 0.000000461. The van der Waals surface area contributed by atoms with Crippen LogP contribution in [0.25, 0.3) is 0 Å². The molecule has 0 unspecified atom stereocenters. The second kappa shape index (κ2) is 5.13. The summed E-state index contributed by atoms with van der Waals surface area (Å²) in [6.45, 7) is 4.93. The van der Waals surface area contributed by atoms with Gasteiger partial charge in [-0.2, -0.15) is 0 Å². The van der Waals surface area contributed by atoms with Gasteiger partial charge in [0.15, 0.2) is 0 Å². The van der Waals surface area contributed by atoms with Crippen LogP contribution in [-0.2, 0) is 4.79 Å². The van der Waals surface area contributed by atoms with Crippen LogP contribution in [0.2, 0.25) is 0 Å². The Hall–Kier alpha value is -0.570. The van der Waals surface area contributed by atoms with Crippen molar-refractivity contribution in [3.05, 3.63) is 0 Å². The summed E-state index contributed by atoms with van der Waals surface area (Å²) in [4.78, 5) is 12.2. The van der Waals surface area contributed by atoms with E-state index in [1.54, 1.807) is 0 Å². The first-order valence-electron chi connectivity index (χ1n) is 4.15. The third kappa shape index (κ3) is 2.89. The lowest BCUT2D eigenvalue weighted by molar-refractivity contribution is -0.141. The van der Waals surface area contributed by atoms with Crippen molar-refractivity contribution in [1.29, 1.82) is 0 Å². The van der Waals surface area contributed by atoms with E-state index in [0.29, 0.717) is 0 Å². The smallest absolute Gasteiger partial charge is 0.320 e. The molecule has 1 fully saturated rings. The number of nitrogens with zero attached hydrogens (tertiary/aromatic N) is 1. The number of carboxylic acid groups (broad SMARTS) is 1. The average molecular weight is 159 g/mol. The zero-order valence-electron chi connectivity index (χ0n) is 7.50. The van der Waals surface area contributed by atoms with Crippen LogP contribution in [0.1, 0.15) is 26.7 Å². The van der Waals surface area contributed by atoms with Gasteiger partial charge in [-0.15, -0.1) is 0 Å². The van der Waals surface area contributed by atoms with Gasteiger partial charge in [-0.3, -0.25) is 9.69 Å². The highest BCUT2D eigenvalue weighted by Crippen LogP contribution is 2.13. The lowest BCUT2D eigenvalue weighted by Crippen LogP contribution is -2.32. The number of likely N-dealkylation sites (tertiary alicyclic amines) is 1. The second-order valence-electron chi connectivity index (χ2n) is 2.48. The van der Waals surface area contributed by atoms with Crippen molar-refractivity contribution in [3.63, 3.8) is 0 Å². The molecule has 0 spiro atoms. The van der Waals surface area contributed by atoms with Crippen molar-refractivity contribution in [2.75, 3.05) is 13.6 Å². The Morgan fingerprint density at radius 2 is 2.09 bits per heavy atom. The quantitative estimate of drug-likeness (QED) is 0.624. The lowest BCUT2D eigenvalue weighted by Gasteiger charge is -2.13. The summed E-state index contributed by atoms with van der Waals surface area (Å²) in [5, 5.41) is 8.54. The van der Waals surface area contributed by atoms with Gasteiger partial charge in [0.2, 0.25) is 0 Å². The molecule has 1 N–H and O–H groups in total. The SMILES string of the molecule is CC.CN1CCC[C@H]1C(=O)O. The van der Waals surface area contributed by atoms with E-state index >= 15 is 0 Å². The lowest BCUT2D eigenvalue weighted by atomic mass is 10.2. The van der Waals surface area contributed by atoms with Gasteiger partial charge in [0.25, 0.3) is 0 Å². The molecule has 0 saturated carbocycles. The van der Waals surface area contributed by atoms with Crippen LogP contribution in [0.5, 0.6) is 0 Å². The summed E-state index contributed by atoms with van der Waals surface area (Å²) in [7, 11) is 1.85. The first kappa shape index (κ1) is 10.4. The van der Waals surface area contributed by atoms with Gasteiger partial charge in [-0.1, -0.05) is 13.8 Å². The van der Waals surface area contributed by atoms with Crippen molar-refractivity contribution < 1.29 is 9.90 Å². The third-order valence-corrected chi connectivity index (χ3v) is 1.81. The molecule has 0 aliphatic carbocycles. The Labute approximate surface area is 68.0 Å². The van der Waals surface area contributed by atoms with Crippen LogP contribution in [0.15, 0.2) is 0 Å². The standard InChI is InChI=1S/C6H11NO2.C2H6/c1-7-4-2-3-5(7)6(8)9;1-2/h5H,2-4H2,1H3,(H,8,9);1-2H3/t5-;/m0./s1. The number of aliphatic carboxylic acids is 1. The molecule has 1 aliphatic rings. The molecule has 0 amide bonds. The largest absolute Gasteiger partial charge is 0.480 e. The normalized spacial score (nSPS) is 24.1. The number of carboxylic acids is 1. The number of carbonyl (C=O) groups is 1. The van der Waals surface area contributed by atoms with E-state index in [-0.39, 0.29) is 6.04 Å². The van der Waals surface area contributed by atoms with E-state index in [2.05, 4.69) is 0 Å². The van der Waals surface area contributed by atoms with Gasteiger partial charge in [0.1, 0.15) is 6.04 Å². The molecule has 1 rings (SSSR count). The van der Waals surface area contributed by atoms with Crippen molar-refractivity contribution in [2.24, 2.45) is 0 Å². The zero-order valence-corrected chi connectivity index (χ0v) is 7.50. The summed E-state index contributed by atoms with van der Waals surface area (Å²) >= 11 is 0. The van der Waals surface area contributed by atoms with Gasteiger partial charge < -0.3 is 5.11 Å². The van der Waals surface area contributed by atoms with Crippen molar-refractivity contribution >= 4 is 5.97 Å². The van der Waals surface area contributed by atoms with Crippen LogP contribution in [0, 0.1) is 0 Å². The minimum atomic E-state index is -0.685. The molecule has 0 radical (unpaired) electrons. The Morgan fingerprint density at radius 3 is 2.27 bits per heavy atom. The average Bonchev–Trinajstić information content (AvgIpc) is 2.39. The fourth-order valence-corrected chi connectivity index (χ4v) is 1.22. The Morgan fingerprint density at radius 1 is 1.55 bits per heavy atom. The van der Waals surface area contributed by atoms with Crippen LogP contribution in [0.3, 0.4) is 0 Å². The van der Waals surface area contributed by atoms with E-state index in [1.165, 1.54) is 0 Å². The maximum absolute atomic E-state index is 10.4. The van der Waals surface area contributed by atoms with Crippen molar-refractivity contribution in [3.8, 4) is 0 Å². The molecular weight excluding hydrogens is 142 g/mol. The fraction of sp³-hybridized carbons (Fsp3) is 0.875. The van der Waals surface area contributed by atoms with Crippen LogP contribution in [-0.4, -0.2) is 35.6 Å². The summed E-state index contributed by atoms with van der Waals surface area (Å²) in [6, 6.07) is -0.218. The van der Waals surface area contributed by atoms with Gasteiger partial charge in [-0.05, 0) is 26.4 Å². The molecule has 1 aliphatic heterocycles. The van der Waals surface area contributed by atoms with Crippen molar-refractivity contribution in [2.45, 2.75) is 32.7 Å². The molecule has 0 aromatic carbocycles. The zero-order chi connectivity index (χ0) is 8.85. The van der Waals surface area contributed by atoms with E-state index in [1.807, 2.05) is 25.8 Å². The molecule has 0 aromatic rings. The number of hydrogen-bond donors (Lipinski definition) is 1. The van der Waals surface area contributed by atoms with E-state index in [4.69, 9.17) is 5.11 Å². The molecule has 3 nitrogen and oxygen atoms in total. The van der Waals surface area contributed by atoms with E-state index in [0.717, 1.165) is 19.4 Å². The molecule has 66 valence electrons. The maximum Gasteiger partial charge on any atom is 0.320 e. The minimum absolute atomic E-state index is 0.218. The summed E-state index contributed by atoms with van der Waals surface area (Å²) in [6.07, 6.45) is 1.83. The topological polar surface area (TPSA) is 40.5 Å². The number of hydrogen-bond acceptors (Lipinski definition) is 2. The first-order chi connectivity index (χ1) is 5.22. The molecule has 1 atom stereocenters. The minimum Gasteiger partial charge on any atom is -0.480 e. The monoisotopic (exact) mass is 159 g/mol. The van der Waals surface area contributed by atoms with E-state index < -0.39 is 5.97 Å². The molecular formula is C8H17NO2. The predicted molar refractivity (Wildman–Crippen MR) is 44.6 cm³/mol. The Bertz CT molecular complexity index is 125. The summed E-state index contributed by atoms with van der Waals surface area (Å²) in [5.74, 6) is -0.685. The van der Waals surface area contributed by atoms with E-state index in [9.17, 15) is 4.79 Å². The molecule has 11 heavy (non-hydrogen) atoms. The first-order valence-corrected chi connectivity index (χ1v) is 4.15. The fourth-order valence-electron chi connectivity index (χ4n) is 1.22. The van der Waals surface area contributed by atoms with Crippen LogP contribution < -0.4 is 0 Å². The summed E-state index contributed by atoms with van der Waals surface area (Å²) in [5.41, 5.74) is 0. The van der Waals surface area contributed by atoms with Crippen LogP contribution >= 0.6 is 0 Å². The number of likely N-dealkylation sites (N-methyl/N-ethyl adjacent to an activating group) is 1. The summed E-state index contributed by atoms with van der Waals surface area (Å²) < 4.78 is 0. The van der Waals surface area contributed by atoms with Gasteiger partial charge in [0.05, 0.1) is 0 Å². The van der Waals surface area contributed by atoms with Gasteiger partial charge in [0, 0.05) is 0 Å². The highest BCUT2D eigenvalue weighted by molar-refractivity contribution is 5.73. The third-order valence-electron chi connectivity index (χ3n) is 1.81. The maximum atomic E-state index is 10.4. The van der Waals surface area contributed by atoms with Gasteiger partial charge in [-0.25, -0.2) is 0 Å². The highest BCUT2D eigenvalue weighted by Gasteiger charge is 2.26. The van der Waals surface area contributed by atoms with Crippen molar-refractivity contribution in [1.82, 2.24) is 4.90 Å². The Kier molecular flexibility index (Phi) is 4.86. The molecule has 0 aromatic heterocycles. The highest BCUT2D eigenvalue weighted by atomic mass is 16.4. The molecule has 1 saturated heterocycles. The van der Waals surface area contributed by atoms with Crippen LogP contribution in [0.4, 0.5) is 0 Å². The number of rotatable bonds is 1. The molecule has 1 heterocycles. The predicted octanol–water partition coefficient (Wildman–Crippen LogP) is 1.19.